The lowest BCUT2D eigenvalue weighted by atomic mass is 10.1. The van der Waals surface area contributed by atoms with Crippen LogP contribution in [0.4, 0.5) is 5.13 Å². The molecule has 110 valence electrons. The van der Waals surface area contributed by atoms with Gasteiger partial charge in [-0.2, -0.15) is 0 Å². The second-order valence-electron chi connectivity index (χ2n) is 5.41. The van der Waals surface area contributed by atoms with Crippen molar-refractivity contribution in [3.05, 3.63) is 46.5 Å². The fourth-order valence-electron chi connectivity index (χ4n) is 2.53. The zero-order valence-electron chi connectivity index (χ0n) is 12.1. The molecule has 4 nitrogen and oxygen atoms in total. The Balaban J connectivity index is 1.63. The van der Waals surface area contributed by atoms with E-state index in [0.29, 0.717) is 5.13 Å². The number of benzene rings is 1. The first-order chi connectivity index (χ1) is 10.2. The van der Waals surface area contributed by atoms with E-state index >= 15 is 0 Å². The Labute approximate surface area is 128 Å². The summed E-state index contributed by atoms with van der Waals surface area (Å²) < 4.78 is 0. The predicted molar refractivity (Wildman–Crippen MR) is 85.7 cm³/mol. The van der Waals surface area contributed by atoms with E-state index in [2.05, 4.69) is 40.7 Å². The molecule has 0 spiro atoms. The molecule has 0 bridgehead atoms. The lowest BCUT2D eigenvalue weighted by Gasteiger charge is -2.06. The molecule has 1 saturated heterocycles. The van der Waals surface area contributed by atoms with E-state index in [1.165, 1.54) is 16.0 Å². The van der Waals surface area contributed by atoms with Gasteiger partial charge in [0.25, 0.3) is 0 Å². The Kier molecular flexibility index (Phi) is 4.31. The van der Waals surface area contributed by atoms with Crippen LogP contribution in [0.1, 0.15) is 22.4 Å². The molecule has 2 aromatic rings. The molecule has 0 saturated carbocycles. The number of thiazole rings is 1. The number of rotatable bonds is 4. The molecule has 2 N–H and O–H groups in total. The van der Waals surface area contributed by atoms with E-state index in [0.717, 1.165) is 25.9 Å². The third-order valence-electron chi connectivity index (χ3n) is 3.84. The lowest BCUT2D eigenvalue weighted by Crippen LogP contribution is -2.24. The highest BCUT2D eigenvalue weighted by atomic mass is 32.1. The lowest BCUT2D eigenvalue weighted by molar-refractivity contribution is -0.119. The zero-order valence-corrected chi connectivity index (χ0v) is 12.9. The van der Waals surface area contributed by atoms with Crippen LogP contribution < -0.4 is 10.6 Å². The SMILES string of the molecule is Cc1ccccc1Cc1cnc(NC(=O)[C@H]2CCNC2)s1. The van der Waals surface area contributed by atoms with Gasteiger partial charge in [-0.05, 0) is 31.0 Å². The van der Waals surface area contributed by atoms with Gasteiger partial charge >= 0.3 is 0 Å². The molecule has 21 heavy (non-hydrogen) atoms. The van der Waals surface area contributed by atoms with Crippen LogP contribution in [0.25, 0.3) is 0 Å². The van der Waals surface area contributed by atoms with Gasteiger partial charge in [0.05, 0.1) is 5.92 Å². The van der Waals surface area contributed by atoms with Crippen LogP contribution in [-0.2, 0) is 11.2 Å². The number of hydrogen-bond acceptors (Lipinski definition) is 4. The quantitative estimate of drug-likeness (QED) is 0.912. The summed E-state index contributed by atoms with van der Waals surface area (Å²) in [7, 11) is 0. The number of hydrogen-bond donors (Lipinski definition) is 2. The standard InChI is InChI=1S/C16H19N3OS/c1-11-4-2-3-5-12(11)8-14-10-18-16(21-14)19-15(20)13-6-7-17-9-13/h2-5,10,13,17H,6-9H2,1H3,(H,18,19,20)/t13-/m0/s1. The highest BCUT2D eigenvalue weighted by molar-refractivity contribution is 7.15. The molecule has 1 aliphatic rings. The van der Waals surface area contributed by atoms with Crippen molar-refractivity contribution in [1.82, 2.24) is 10.3 Å². The number of aryl methyl sites for hydroxylation is 1. The van der Waals surface area contributed by atoms with Crippen molar-refractivity contribution in [1.29, 1.82) is 0 Å². The second-order valence-corrected chi connectivity index (χ2v) is 6.53. The van der Waals surface area contributed by atoms with Crippen molar-refractivity contribution >= 4 is 22.4 Å². The van der Waals surface area contributed by atoms with Crippen LogP contribution in [0.15, 0.2) is 30.5 Å². The monoisotopic (exact) mass is 301 g/mol. The highest BCUT2D eigenvalue weighted by Crippen LogP contribution is 2.23. The first kappa shape index (κ1) is 14.2. The normalized spacial score (nSPS) is 17.9. The summed E-state index contributed by atoms with van der Waals surface area (Å²) in [4.78, 5) is 17.5. The van der Waals surface area contributed by atoms with E-state index < -0.39 is 0 Å². The summed E-state index contributed by atoms with van der Waals surface area (Å²) in [6.07, 6.45) is 3.64. The van der Waals surface area contributed by atoms with Crippen LogP contribution in [0.2, 0.25) is 0 Å². The van der Waals surface area contributed by atoms with Crippen molar-refractivity contribution in [3.8, 4) is 0 Å². The Morgan fingerprint density at radius 3 is 3.10 bits per heavy atom. The minimum absolute atomic E-state index is 0.0775. The van der Waals surface area contributed by atoms with Gasteiger partial charge in [0.15, 0.2) is 5.13 Å². The number of anilines is 1. The van der Waals surface area contributed by atoms with Crippen molar-refractivity contribution < 1.29 is 4.79 Å². The van der Waals surface area contributed by atoms with Crippen LogP contribution in [0.5, 0.6) is 0 Å². The number of nitrogens with one attached hydrogen (secondary N) is 2. The maximum Gasteiger partial charge on any atom is 0.230 e. The minimum atomic E-state index is 0.0775. The summed E-state index contributed by atoms with van der Waals surface area (Å²) in [5.74, 6) is 0.158. The van der Waals surface area contributed by atoms with Crippen molar-refractivity contribution in [2.45, 2.75) is 19.8 Å². The number of carbonyl (C=O) groups excluding carboxylic acids is 1. The molecular weight excluding hydrogens is 282 g/mol. The first-order valence-corrected chi connectivity index (χ1v) is 8.05. The molecule has 5 heteroatoms. The minimum Gasteiger partial charge on any atom is -0.316 e. The topological polar surface area (TPSA) is 54.0 Å². The van der Waals surface area contributed by atoms with Gasteiger partial charge in [-0.25, -0.2) is 4.98 Å². The van der Waals surface area contributed by atoms with Crippen molar-refractivity contribution in [2.75, 3.05) is 18.4 Å². The van der Waals surface area contributed by atoms with E-state index in [1.807, 2.05) is 12.3 Å². The van der Waals surface area contributed by atoms with E-state index in [4.69, 9.17) is 0 Å². The van der Waals surface area contributed by atoms with Crippen LogP contribution in [0, 0.1) is 12.8 Å². The van der Waals surface area contributed by atoms with Crippen molar-refractivity contribution in [3.63, 3.8) is 0 Å². The molecule has 0 unspecified atom stereocenters. The van der Waals surface area contributed by atoms with Crippen LogP contribution >= 0.6 is 11.3 Å². The summed E-state index contributed by atoms with van der Waals surface area (Å²) in [6.45, 7) is 3.81. The smallest absolute Gasteiger partial charge is 0.230 e. The van der Waals surface area contributed by atoms with E-state index in [9.17, 15) is 4.79 Å². The van der Waals surface area contributed by atoms with Gasteiger partial charge in [-0.3, -0.25) is 4.79 Å². The Bertz CT molecular complexity index is 632. The number of carbonyl (C=O) groups is 1. The molecule has 1 atom stereocenters. The first-order valence-electron chi connectivity index (χ1n) is 7.23. The Morgan fingerprint density at radius 1 is 1.48 bits per heavy atom. The number of aromatic nitrogens is 1. The Morgan fingerprint density at radius 2 is 2.33 bits per heavy atom. The predicted octanol–water partition coefficient (Wildman–Crippen LogP) is 2.59. The van der Waals surface area contributed by atoms with Gasteiger partial charge in [0, 0.05) is 24.0 Å². The molecule has 3 rings (SSSR count). The van der Waals surface area contributed by atoms with Crippen LogP contribution in [0.3, 0.4) is 0 Å². The van der Waals surface area contributed by atoms with Gasteiger partial charge < -0.3 is 10.6 Å². The van der Waals surface area contributed by atoms with E-state index in [1.54, 1.807) is 11.3 Å². The van der Waals surface area contributed by atoms with Crippen molar-refractivity contribution in [2.24, 2.45) is 5.92 Å². The van der Waals surface area contributed by atoms with Crippen LogP contribution in [-0.4, -0.2) is 24.0 Å². The largest absolute Gasteiger partial charge is 0.316 e. The average Bonchev–Trinajstić information content (AvgIpc) is 3.13. The number of amides is 1. The summed E-state index contributed by atoms with van der Waals surface area (Å²) in [6, 6.07) is 8.36. The molecule has 1 amide bonds. The van der Waals surface area contributed by atoms with Gasteiger partial charge in [0.2, 0.25) is 5.91 Å². The molecule has 2 heterocycles. The molecular formula is C16H19N3OS. The molecule has 0 radical (unpaired) electrons. The molecule has 1 aromatic heterocycles. The highest BCUT2D eigenvalue weighted by Gasteiger charge is 2.23. The molecule has 1 fully saturated rings. The summed E-state index contributed by atoms with van der Waals surface area (Å²) in [5.41, 5.74) is 2.59. The maximum atomic E-state index is 12.1. The third kappa shape index (κ3) is 3.49. The molecule has 0 aliphatic carbocycles. The van der Waals surface area contributed by atoms with E-state index in [-0.39, 0.29) is 11.8 Å². The Hall–Kier alpha value is -1.72. The van der Waals surface area contributed by atoms with Gasteiger partial charge in [0.1, 0.15) is 0 Å². The molecule has 1 aromatic carbocycles. The van der Waals surface area contributed by atoms with Gasteiger partial charge in [-0.1, -0.05) is 24.3 Å². The molecule has 1 aliphatic heterocycles. The fourth-order valence-corrected chi connectivity index (χ4v) is 3.37. The second kappa shape index (κ2) is 6.37. The van der Waals surface area contributed by atoms with Gasteiger partial charge in [-0.15, -0.1) is 11.3 Å². The zero-order chi connectivity index (χ0) is 14.7. The average molecular weight is 301 g/mol. The fraction of sp³-hybridized carbons (Fsp3) is 0.375. The third-order valence-corrected chi connectivity index (χ3v) is 4.75. The number of nitrogens with zero attached hydrogens (tertiary/aromatic N) is 1. The maximum absolute atomic E-state index is 12.1. The summed E-state index contributed by atoms with van der Waals surface area (Å²) >= 11 is 1.56. The summed E-state index contributed by atoms with van der Waals surface area (Å²) in [5, 5.41) is 6.84.